The van der Waals surface area contributed by atoms with Crippen molar-refractivity contribution in [3.8, 4) is 0 Å². The smallest absolute Gasteiger partial charge is 0.328 e. The molecule has 4 rings (SSSR count). The second-order valence-corrected chi connectivity index (χ2v) is 9.35. The van der Waals surface area contributed by atoms with Gasteiger partial charge in [-0.25, -0.2) is 4.98 Å². The molecule has 28 heavy (non-hydrogen) atoms. The van der Waals surface area contributed by atoms with Crippen molar-refractivity contribution < 1.29 is 14.3 Å². The molecule has 8 heteroatoms. The van der Waals surface area contributed by atoms with E-state index < -0.39 is 16.8 Å². The first-order chi connectivity index (χ1) is 13.5. The maximum absolute atomic E-state index is 13.1. The van der Waals surface area contributed by atoms with Gasteiger partial charge in [-0.1, -0.05) is 29.8 Å². The van der Waals surface area contributed by atoms with Crippen LogP contribution in [0.15, 0.2) is 68.9 Å². The summed E-state index contributed by atoms with van der Waals surface area (Å²) >= 11 is 12.1. The van der Waals surface area contributed by atoms with Gasteiger partial charge in [0.15, 0.2) is 16.6 Å². The molecule has 1 fully saturated rings. The molecule has 0 spiro atoms. The van der Waals surface area contributed by atoms with Crippen molar-refractivity contribution in [2.24, 2.45) is 0 Å². The standard InChI is InChI=1S/C20H13BrClNO3S2/c21-17-6-5-12(10-23-17)20(13-7-8-27-11-13)9-15(24)18(19(25)26-20)28-16-4-2-1-3-14(16)22/h1-8,10-11,18H,9H2. The van der Waals surface area contributed by atoms with Crippen molar-refractivity contribution in [3.05, 3.63) is 80.2 Å². The van der Waals surface area contributed by atoms with Gasteiger partial charge in [0.1, 0.15) is 4.60 Å². The first kappa shape index (κ1) is 19.6. The molecule has 0 bridgehead atoms. The number of ketones is 1. The Morgan fingerprint density at radius 3 is 2.64 bits per heavy atom. The number of carbonyl (C=O) groups excluding carboxylic acids is 2. The van der Waals surface area contributed by atoms with E-state index >= 15 is 0 Å². The molecule has 1 aliphatic rings. The zero-order valence-corrected chi connectivity index (χ0v) is 18.3. The lowest BCUT2D eigenvalue weighted by molar-refractivity contribution is -0.165. The second-order valence-electron chi connectivity index (χ2n) is 6.20. The van der Waals surface area contributed by atoms with Crippen LogP contribution in [0.3, 0.4) is 0 Å². The molecule has 0 aliphatic carbocycles. The number of cyclic esters (lactones) is 1. The van der Waals surface area contributed by atoms with E-state index in [0.717, 1.165) is 17.3 Å². The first-order valence-corrected chi connectivity index (χ1v) is 11.3. The molecule has 2 aromatic heterocycles. The Morgan fingerprint density at radius 1 is 1.18 bits per heavy atom. The van der Waals surface area contributed by atoms with E-state index in [4.69, 9.17) is 16.3 Å². The maximum atomic E-state index is 13.1. The lowest BCUT2D eigenvalue weighted by atomic mass is 9.82. The Bertz CT molecular complexity index is 1010. The van der Waals surface area contributed by atoms with Gasteiger partial charge in [0.05, 0.1) is 11.4 Å². The van der Waals surface area contributed by atoms with Gasteiger partial charge in [0.2, 0.25) is 0 Å². The summed E-state index contributed by atoms with van der Waals surface area (Å²) in [6, 6.07) is 12.6. The average Bonchev–Trinajstić information content (AvgIpc) is 3.22. The molecule has 0 radical (unpaired) electrons. The first-order valence-electron chi connectivity index (χ1n) is 8.31. The summed E-state index contributed by atoms with van der Waals surface area (Å²) in [6.07, 6.45) is 1.67. The highest BCUT2D eigenvalue weighted by molar-refractivity contribution is 9.10. The zero-order chi connectivity index (χ0) is 19.7. The van der Waals surface area contributed by atoms with Crippen molar-refractivity contribution in [2.75, 3.05) is 0 Å². The van der Waals surface area contributed by atoms with Crippen LogP contribution in [-0.2, 0) is 19.9 Å². The number of aromatic nitrogens is 1. The van der Waals surface area contributed by atoms with E-state index in [2.05, 4.69) is 20.9 Å². The van der Waals surface area contributed by atoms with Crippen molar-refractivity contribution in [3.63, 3.8) is 0 Å². The Hall–Kier alpha value is -1.67. The van der Waals surface area contributed by atoms with Crippen molar-refractivity contribution in [1.29, 1.82) is 0 Å². The SMILES string of the molecule is O=C1CC(c2ccc(Br)nc2)(c2ccsc2)OC(=O)C1Sc1ccccc1Cl. The van der Waals surface area contributed by atoms with Gasteiger partial charge in [0.25, 0.3) is 0 Å². The summed E-state index contributed by atoms with van der Waals surface area (Å²) in [7, 11) is 0. The lowest BCUT2D eigenvalue weighted by Crippen LogP contribution is -2.47. The number of Topliss-reactive ketones (excluding diaryl/α,β-unsaturated/α-hetero) is 1. The van der Waals surface area contributed by atoms with Crippen molar-refractivity contribution in [1.82, 2.24) is 4.98 Å². The molecule has 1 aliphatic heterocycles. The molecule has 0 amide bonds. The Balaban J connectivity index is 1.70. The van der Waals surface area contributed by atoms with E-state index in [1.807, 2.05) is 29.0 Å². The largest absolute Gasteiger partial charge is 0.447 e. The summed E-state index contributed by atoms with van der Waals surface area (Å²) < 4.78 is 6.63. The average molecular weight is 495 g/mol. The summed E-state index contributed by atoms with van der Waals surface area (Å²) in [5.74, 6) is -0.773. The number of ether oxygens (including phenoxy) is 1. The van der Waals surface area contributed by atoms with E-state index in [0.29, 0.717) is 20.1 Å². The molecule has 142 valence electrons. The van der Waals surface area contributed by atoms with Crippen molar-refractivity contribution in [2.45, 2.75) is 22.2 Å². The number of benzene rings is 1. The van der Waals surface area contributed by atoms with Crippen LogP contribution < -0.4 is 0 Å². The normalized spacial score (nSPS) is 22.1. The van der Waals surface area contributed by atoms with Crippen LogP contribution in [-0.4, -0.2) is 22.0 Å². The number of hydrogen-bond donors (Lipinski definition) is 0. The monoisotopic (exact) mass is 493 g/mol. The predicted molar refractivity (Wildman–Crippen MR) is 114 cm³/mol. The molecule has 4 nitrogen and oxygen atoms in total. The lowest BCUT2D eigenvalue weighted by Gasteiger charge is -2.38. The van der Waals surface area contributed by atoms with Crippen LogP contribution in [0.5, 0.6) is 0 Å². The molecule has 2 unspecified atom stereocenters. The predicted octanol–water partition coefficient (Wildman–Crippen LogP) is 5.48. The molecule has 2 atom stereocenters. The van der Waals surface area contributed by atoms with Gasteiger partial charge in [0, 0.05) is 22.2 Å². The second kappa shape index (κ2) is 7.99. The van der Waals surface area contributed by atoms with Crippen LogP contribution in [0.4, 0.5) is 0 Å². The van der Waals surface area contributed by atoms with E-state index in [1.165, 1.54) is 11.3 Å². The van der Waals surface area contributed by atoms with Gasteiger partial charge in [-0.05, 0) is 51.0 Å². The Morgan fingerprint density at radius 2 is 2.00 bits per heavy atom. The number of esters is 1. The molecule has 1 aromatic carbocycles. The Kier molecular flexibility index (Phi) is 5.60. The van der Waals surface area contributed by atoms with Crippen LogP contribution in [0.2, 0.25) is 5.02 Å². The highest BCUT2D eigenvalue weighted by atomic mass is 79.9. The van der Waals surface area contributed by atoms with Crippen LogP contribution in [0.25, 0.3) is 0 Å². The maximum Gasteiger partial charge on any atom is 0.328 e. The van der Waals surface area contributed by atoms with Gasteiger partial charge in [-0.3, -0.25) is 9.59 Å². The number of nitrogens with zero attached hydrogens (tertiary/aromatic N) is 1. The van der Waals surface area contributed by atoms with E-state index in [9.17, 15) is 9.59 Å². The fraction of sp³-hybridized carbons (Fsp3) is 0.150. The van der Waals surface area contributed by atoms with E-state index in [1.54, 1.807) is 30.5 Å². The minimum absolute atomic E-state index is 0.0426. The summed E-state index contributed by atoms with van der Waals surface area (Å²) in [6.45, 7) is 0. The van der Waals surface area contributed by atoms with Gasteiger partial charge in [-0.15, -0.1) is 11.8 Å². The summed E-state index contributed by atoms with van der Waals surface area (Å²) in [5, 5.41) is 3.34. The van der Waals surface area contributed by atoms with Crippen LogP contribution in [0, 0.1) is 0 Å². The third-order valence-electron chi connectivity index (χ3n) is 4.47. The van der Waals surface area contributed by atoms with Gasteiger partial charge >= 0.3 is 5.97 Å². The molecular weight excluding hydrogens is 482 g/mol. The highest BCUT2D eigenvalue weighted by Gasteiger charge is 2.50. The number of hydrogen-bond acceptors (Lipinski definition) is 6. The fourth-order valence-corrected chi connectivity index (χ4v) is 5.28. The van der Waals surface area contributed by atoms with Gasteiger partial charge < -0.3 is 4.74 Å². The topological polar surface area (TPSA) is 56.3 Å². The molecule has 0 saturated carbocycles. The van der Waals surface area contributed by atoms with Gasteiger partial charge in [-0.2, -0.15) is 11.3 Å². The van der Waals surface area contributed by atoms with Crippen molar-refractivity contribution >= 4 is 62.4 Å². The van der Waals surface area contributed by atoms with Crippen LogP contribution in [0.1, 0.15) is 17.5 Å². The zero-order valence-electron chi connectivity index (χ0n) is 14.3. The molecule has 1 saturated heterocycles. The third kappa shape index (κ3) is 3.64. The van der Waals surface area contributed by atoms with E-state index in [-0.39, 0.29) is 12.2 Å². The third-order valence-corrected chi connectivity index (χ3v) is 7.36. The summed E-state index contributed by atoms with van der Waals surface area (Å²) in [4.78, 5) is 30.9. The minimum atomic E-state index is -1.17. The number of thioether (sulfide) groups is 1. The molecule has 3 aromatic rings. The highest BCUT2D eigenvalue weighted by Crippen LogP contribution is 2.44. The van der Waals surface area contributed by atoms with Crippen LogP contribution >= 0.6 is 50.6 Å². The number of halogens is 2. The fourth-order valence-electron chi connectivity index (χ4n) is 3.11. The molecule has 3 heterocycles. The Labute approximate surface area is 183 Å². The molecular formula is C20H13BrClNO3S2. The molecule has 0 N–H and O–H groups in total. The summed E-state index contributed by atoms with van der Waals surface area (Å²) in [5.41, 5.74) is 0.265. The number of pyridine rings is 1. The minimum Gasteiger partial charge on any atom is -0.447 e. The number of carbonyl (C=O) groups is 2. The number of thiophene rings is 1. The number of rotatable bonds is 4. The quantitative estimate of drug-likeness (QED) is 0.273.